The van der Waals surface area contributed by atoms with E-state index in [4.69, 9.17) is 18.9 Å². The van der Waals surface area contributed by atoms with Crippen LogP contribution in [-0.2, 0) is 20.7 Å². The molecule has 8 heteroatoms. The Kier molecular flexibility index (Phi) is 7.13. The molecule has 1 fully saturated rings. The minimum absolute atomic E-state index is 0.133. The van der Waals surface area contributed by atoms with Gasteiger partial charge >= 0.3 is 0 Å². The van der Waals surface area contributed by atoms with Crippen LogP contribution in [0.25, 0.3) is 0 Å². The third kappa shape index (κ3) is 5.21. The van der Waals surface area contributed by atoms with Gasteiger partial charge in [-0.2, -0.15) is 0 Å². The molecule has 0 radical (unpaired) electrons. The van der Waals surface area contributed by atoms with Crippen LogP contribution in [0.5, 0.6) is 17.2 Å². The molecule has 1 atom stereocenters. The van der Waals surface area contributed by atoms with Gasteiger partial charge in [0, 0.05) is 18.0 Å². The highest BCUT2D eigenvalue weighted by Gasteiger charge is 2.23. The molecule has 0 aliphatic carbocycles. The van der Waals surface area contributed by atoms with Crippen molar-refractivity contribution in [3.8, 4) is 17.2 Å². The van der Waals surface area contributed by atoms with Gasteiger partial charge in [-0.1, -0.05) is 0 Å². The van der Waals surface area contributed by atoms with E-state index in [0.29, 0.717) is 35.2 Å². The Labute approximate surface area is 175 Å². The summed E-state index contributed by atoms with van der Waals surface area (Å²) in [6.45, 7) is 0.620. The smallest absolute Gasteiger partial charge is 0.253 e. The fourth-order valence-corrected chi connectivity index (χ4v) is 3.27. The SMILES string of the molecule is COc1cc(CC(=O)Nc2ccc(NC(=O)C3CCCO3)cc2)cc(OC)c1OC. The minimum atomic E-state index is -0.386. The molecule has 1 aliphatic rings. The number of hydrogen-bond donors (Lipinski definition) is 2. The van der Waals surface area contributed by atoms with Crippen molar-refractivity contribution in [3.63, 3.8) is 0 Å². The summed E-state index contributed by atoms with van der Waals surface area (Å²) >= 11 is 0. The van der Waals surface area contributed by atoms with E-state index in [9.17, 15) is 9.59 Å². The quantitative estimate of drug-likeness (QED) is 0.690. The van der Waals surface area contributed by atoms with Crippen molar-refractivity contribution < 1.29 is 28.5 Å². The Balaban J connectivity index is 1.60. The number of ether oxygens (including phenoxy) is 4. The number of methoxy groups -OCH3 is 3. The molecule has 2 amide bonds. The number of hydrogen-bond acceptors (Lipinski definition) is 6. The van der Waals surface area contributed by atoms with Crippen molar-refractivity contribution in [3.05, 3.63) is 42.0 Å². The van der Waals surface area contributed by atoms with Gasteiger partial charge in [0.1, 0.15) is 6.10 Å². The van der Waals surface area contributed by atoms with E-state index < -0.39 is 0 Å². The van der Waals surface area contributed by atoms with E-state index >= 15 is 0 Å². The van der Waals surface area contributed by atoms with Gasteiger partial charge in [-0.05, 0) is 54.8 Å². The predicted octanol–water partition coefficient (Wildman–Crippen LogP) is 3.01. The lowest BCUT2D eigenvalue weighted by Crippen LogP contribution is -2.26. The number of amides is 2. The maximum atomic E-state index is 12.5. The minimum Gasteiger partial charge on any atom is -0.493 e. The Morgan fingerprint density at radius 2 is 1.57 bits per heavy atom. The number of benzene rings is 2. The lowest BCUT2D eigenvalue weighted by Gasteiger charge is -2.14. The van der Waals surface area contributed by atoms with Crippen LogP contribution in [0.4, 0.5) is 11.4 Å². The fourth-order valence-electron chi connectivity index (χ4n) is 3.27. The third-order valence-electron chi connectivity index (χ3n) is 4.75. The van der Waals surface area contributed by atoms with Gasteiger partial charge in [0.05, 0.1) is 27.8 Å². The average molecular weight is 414 g/mol. The summed E-state index contributed by atoms with van der Waals surface area (Å²) in [6.07, 6.45) is 1.38. The second-order valence-corrected chi connectivity index (χ2v) is 6.83. The second-order valence-electron chi connectivity index (χ2n) is 6.83. The Morgan fingerprint density at radius 3 is 2.07 bits per heavy atom. The lowest BCUT2D eigenvalue weighted by molar-refractivity contribution is -0.124. The van der Waals surface area contributed by atoms with Crippen LogP contribution >= 0.6 is 0 Å². The zero-order valence-electron chi connectivity index (χ0n) is 17.3. The van der Waals surface area contributed by atoms with Crippen LogP contribution < -0.4 is 24.8 Å². The van der Waals surface area contributed by atoms with Crippen molar-refractivity contribution in [2.24, 2.45) is 0 Å². The maximum Gasteiger partial charge on any atom is 0.253 e. The largest absolute Gasteiger partial charge is 0.493 e. The number of carbonyl (C=O) groups is 2. The summed E-state index contributed by atoms with van der Waals surface area (Å²) in [7, 11) is 4.58. The van der Waals surface area contributed by atoms with Gasteiger partial charge in [-0.25, -0.2) is 0 Å². The molecule has 1 saturated heterocycles. The van der Waals surface area contributed by atoms with Crippen molar-refractivity contribution in [2.75, 3.05) is 38.6 Å². The molecule has 2 aromatic carbocycles. The van der Waals surface area contributed by atoms with Crippen molar-refractivity contribution in [2.45, 2.75) is 25.4 Å². The van der Waals surface area contributed by atoms with Gasteiger partial charge in [-0.15, -0.1) is 0 Å². The zero-order chi connectivity index (χ0) is 21.5. The molecule has 0 saturated carbocycles. The monoisotopic (exact) mass is 414 g/mol. The van der Waals surface area contributed by atoms with Crippen LogP contribution in [0.3, 0.4) is 0 Å². The molecule has 3 rings (SSSR count). The highest BCUT2D eigenvalue weighted by Crippen LogP contribution is 2.38. The summed E-state index contributed by atoms with van der Waals surface area (Å²) in [6, 6.07) is 10.4. The highest BCUT2D eigenvalue weighted by molar-refractivity contribution is 5.95. The van der Waals surface area contributed by atoms with Crippen LogP contribution in [0.1, 0.15) is 18.4 Å². The second kappa shape index (κ2) is 9.98. The molecule has 1 unspecified atom stereocenters. The molecule has 1 aliphatic heterocycles. The molecule has 1 heterocycles. The number of anilines is 2. The summed E-state index contributed by atoms with van der Waals surface area (Å²) < 4.78 is 21.3. The van der Waals surface area contributed by atoms with E-state index in [1.807, 2.05) is 0 Å². The molecule has 0 bridgehead atoms. The predicted molar refractivity (Wildman–Crippen MR) is 112 cm³/mol. The van der Waals surface area contributed by atoms with Crippen LogP contribution in [0.2, 0.25) is 0 Å². The molecule has 160 valence electrons. The molecule has 2 aromatic rings. The Morgan fingerprint density at radius 1 is 0.967 bits per heavy atom. The molecule has 2 N–H and O–H groups in total. The maximum absolute atomic E-state index is 12.5. The van der Waals surface area contributed by atoms with Crippen molar-refractivity contribution >= 4 is 23.2 Å². The normalized spacial score (nSPS) is 15.4. The van der Waals surface area contributed by atoms with Gasteiger partial charge in [0.2, 0.25) is 11.7 Å². The van der Waals surface area contributed by atoms with E-state index in [2.05, 4.69) is 10.6 Å². The van der Waals surface area contributed by atoms with Gasteiger partial charge in [0.25, 0.3) is 5.91 Å². The molecule has 30 heavy (non-hydrogen) atoms. The summed E-state index contributed by atoms with van der Waals surface area (Å²) in [5.74, 6) is 1.12. The third-order valence-corrected chi connectivity index (χ3v) is 4.75. The number of nitrogens with one attached hydrogen (secondary N) is 2. The zero-order valence-corrected chi connectivity index (χ0v) is 17.3. The first-order chi connectivity index (χ1) is 14.5. The molecule has 8 nitrogen and oxygen atoms in total. The van der Waals surface area contributed by atoms with Crippen LogP contribution in [0.15, 0.2) is 36.4 Å². The average Bonchev–Trinajstić information content (AvgIpc) is 3.29. The summed E-state index contributed by atoms with van der Waals surface area (Å²) in [5, 5.41) is 5.66. The van der Waals surface area contributed by atoms with Crippen molar-refractivity contribution in [1.82, 2.24) is 0 Å². The first-order valence-electron chi connectivity index (χ1n) is 9.65. The first-order valence-corrected chi connectivity index (χ1v) is 9.65. The molecule has 0 aromatic heterocycles. The van der Waals surface area contributed by atoms with Crippen molar-refractivity contribution in [1.29, 1.82) is 0 Å². The Hall–Kier alpha value is -3.26. The van der Waals surface area contributed by atoms with Gasteiger partial charge in [-0.3, -0.25) is 9.59 Å². The molecular formula is C22H26N2O6. The van der Waals surface area contributed by atoms with Crippen LogP contribution in [0, 0.1) is 0 Å². The van der Waals surface area contributed by atoms with Gasteiger partial charge < -0.3 is 29.6 Å². The lowest BCUT2D eigenvalue weighted by atomic mass is 10.1. The highest BCUT2D eigenvalue weighted by atomic mass is 16.5. The van der Waals surface area contributed by atoms with Gasteiger partial charge in [0.15, 0.2) is 11.5 Å². The summed E-state index contributed by atoms with van der Waals surface area (Å²) in [4.78, 5) is 24.6. The topological polar surface area (TPSA) is 95.1 Å². The molecule has 0 spiro atoms. The van der Waals surface area contributed by atoms with E-state index in [1.54, 1.807) is 36.4 Å². The number of rotatable bonds is 8. The van der Waals surface area contributed by atoms with E-state index in [0.717, 1.165) is 18.4 Å². The fraction of sp³-hybridized carbons (Fsp3) is 0.364. The van der Waals surface area contributed by atoms with Crippen LogP contribution in [-0.4, -0.2) is 45.9 Å². The van der Waals surface area contributed by atoms with E-state index in [1.165, 1.54) is 21.3 Å². The van der Waals surface area contributed by atoms with E-state index in [-0.39, 0.29) is 24.3 Å². The summed E-state index contributed by atoms with van der Waals surface area (Å²) in [5.41, 5.74) is 2.00. The number of carbonyl (C=O) groups excluding carboxylic acids is 2. The standard InChI is InChI=1S/C22H26N2O6/c1-27-18-11-14(12-19(28-2)21(18)29-3)13-20(25)23-15-6-8-16(9-7-15)24-22(26)17-5-4-10-30-17/h6-9,11-12,17H,4-5,10,13H2,1-3H3,(H,23,25)(H,24,26). The first kappa shape index (κ1) is 21.4. The molecular weight excluding hydrogens is 388 g/mol. The Bertz CT molecular complexity index is 866.